The van der Waals surface area contributed by atoms with Gasteiger partial charge in [-0.1, -0.05) is 408 Å². The van der Waals surface area contributed by atoms with Crippen molar-refractivity contribution in [2.75, 3.05) is 39.6 Å². The zero-order valence-corrected chi connectivity index (χ0v) is 71.7. The van der Waals surface area contributed by atoms with Gasteiger partial charge in [0.15, 0.2) is 12.2 Å². The van der Waals surface area contributed by atoms with E-state index in [2.05, 4.69) is 48.5 Å². The molecule has 0 rings (SSSR count). The summed E-state index contributed by atoms with van der Waals surface area (Å²) < 4.78 is 68.9. The lowest BCUT2D eigenvalue weighted by atomic mass is 9.99. The number of aliphatic hydroxyl groups is 1. The van der Waals surface area contributed by atoms with Crippen molar-refractivity contribution in [2.24, 2.45) is 17.8 Å². The Balaban J connectivity index is 5.22. The van der Waals surface area contributed by atoms with Crippen LogP contribution in [0.15, 0.2) is 0 Å². The van der Waals surface area contributed by atoms with E-state index in [1.807, 2.05) is 0 Å². The van der Waals surface area contributed by atoms with E-state index in [1.54, 1.807) is 0 Å². The molecule has 0 heterocycles. The quantitative estimate of drug-likeness (QED) is 0.0222. The Morgan fingerprint density at radius 3 is 0.717 bits per heavy atom. The second kappa shape index (κ2) is 77.0. The molecule has 0 bridgehead atoms. The van der Waals surface area contributed by atoms with Gasteiger partial charge in [0.25, 0.3) is 0 Å². The molecule has 0 aliphatic heterocycles. The average molecular weight is 1550 g/mol. The second-order valence-electron chi connectivity index (χ2n) is 32.5. The average Bonchev–Trinajstić information content (AvgIpc) is 0.902. The van der Waals surface area contributed by atoms with Crippen LogP contribution >= 0.6 is 15.6 Å². The van der Waals surface area contributed by atoms with Crippen LogP contribution in [0.5, 0.6) is 0 Å². The Labute approximate surface area is 651 Å². The van der Waals surface area contributed by atoms with Gasteiger partial charge in [0, 0.05) is 25.7 Å². The van der Waals surface area contributed by atoms with E-state index in [4.69, 9.17) is 37.0 Å². The molecule has 0 aromatic heterocycles. The number of hydrogen-bond acceptors (Lipinski definition) is 15. The Bertz CT molecular complexity index is 2050. The van der Waals surface area contributed by atoms with Crippen LogP contribution in [0, 0.1) is 17.8 Å². The minimum absolute atomic E-state index is 0.106. The molecule has 6 atom stereocenters. The second-order valence-corrected chi connectivity index (χ2v) is 35.4. The van der Waals surface area contributed by atoms with E-state index in [9.17, 15) is 43.2 Å². The summed E-state index contributed by atoms with van der Waals surface area (Å²) in [6, 6.07) is 0. The number of phosphoric ester groups is 2. The smallest absolute Gasteiger partial charge is 0.462 e. The van der Waals surface area contributed by atoms with Crippen LogP contribution in [0.4, 0.5) is 0 Å². The van der Waals surface area contributed by atoms with Gasteiger partial charge in [0.2, 0.25) is 0 Å². The van der Waals surface area contributed by atoms with Crippen molar-refractivity contribution in [3.63, 3.8) is 0 Å². The lowest BCUT2D eigenvalue weighted by molar-refractivity contribution is -0.161. The SMILES string of the molecule is CCCCCCCCCCCCCCCCCCCCCC(=O)OC[C@H](COP(=O)(O)OC[C@@H](O)COP(=O)(O)OC[C@@H](COC(=O)CCCCCCCCCC(C)C)OC(=O)CCCCCCCCCCCCCCC(C)C)OC(=O)CCCCCCCCCCCCCCCCCCCCC(C)CC. The van der Waals surface area contributed by atoms with Crippen LogP contribution in [0.3, 0.4) is 0 Å². The molecule has 630 valence electrons. The number of carbonyl (C=O) groups is 4. The van der Waals surface area contributed by atoms with Gasteiger partial charge >= 0.3 is 39.5 Å². The monoisotopic (exact) mass is 1550 g/mol. The van der Waals surface area contributed by atoms with Crippen molar-refractivity contribution in [3.05, 3.63) is 0 Å². The largest absolute Gasteiger partial charge is 0.472 e. The first-order valence-electron chi connectivity index (χ1n) is 44.9. The number of rotatable bonds is 85. The first-order valence-corrected chi connectivity index (χ1v) is 47.9. The van der Waals surface area contributed by atoms with Gasteiger partial charge in [-0.2, -0.15) is 0 Å². The summed E-state index contributed by atoms with van der Waals surface area (Å²) in [4.78, 5) is 73.2. The Morgan fingerprint density at radius 2 is 0.481 bits per heavy atom. The highest BCUT2D eigenvalue weighted by Gasteiger charge is 2.31. The predicted molar refractivity (Wildman–Crippen MR) is 437 cm³/mol. The third-order valence-corrected chi connectivity index (χ3v) is 22.6. The Hall–Kier alpha value is -1.94. The first-order chi connectivity index (χ1) is 51.3. The molecular weight excluding hydrogens is 1380 g/mol. The molecule has 0 spiro atoms. The highest BCUT2D eigenvalue weighted by molar-refractivity contribution is 7.47. The van der Waals surface area contributed by atoms with E-state index in [1.165, 1.54) is 263 Å². The molecule has 3 unspecified atom stereocenters. The molecule has 0 radical (unpaired) electrons. The van der Waals surface area contributed by atoms with Crippen molar-refractivity contribution in [1.29, 1.82) is 0 Å². The van der Waals surface area contributed by atoms with Crippen molar-refractivity contribution < 1.29 is 80.2 Å². The molecule has 0 saturated heterocycles. The third-order valence-electron chi connectivity index (χ3n) is 20.7. The fraction of sp³-hybridized carbons (Fsp3) is 0.954. The highest BCUT2D eigenvalue weighted by atomic mass is 31.2. The van der Waals surface area contributed by atoms with Crippen molar-refractivity contribution >= 4 is 39.5 Å². The van der Waals surface area contributed by atoms with Crippen LogP contribution in [-0.4, -0.2) is 96.7 Å². The summed E-state index contributed by atoms with van der Waals surface area (Å²) >= 11 is 0. The number of ether oxygens (including phenoxy) is 4. The van der Waals surface area contributed by atoms with E-state index in [-0.39, 0.29) is 25.7 Å². The van der Waals surface area contributed by atoms with Crippen molar-refractivity contribution in [2.45, 2.75) is 478 Å². The summed E-state index contributed by atoms with van der Waals surface area (Å²) in [5.74, 6) is 0.247. The maximum absolute atomic E-state index is 13.2. The van der Waals surface area contributed by atoms with Gasteiger partial charge < -0.3 is 33.8 Å². The van der Waals surface area contributed by atoms with E-state index >= 15 is 0 Å². The Kier molecular flexibility index (Phi) is 75.6. The van der Waals surface area contributed by atoms with Crippen LogP contribution < -0.4 is 0 Å². The summed E-state index contributed by atoms with van der Waals surface area (Å²) in [5.41, 5.74) is 0. The molecule has 0 fully saturated rings. The highest BCUT2D eigenvalue weighted by Crippen LogP contribution is 2.45. The molecule has 0 saturated carbocycles. The van der Waals surface area contributed by atoms with Gasteiger partial charge in [0.1, 0.15) is 19.3 Å². The molecule has 0 aliphatic carbocycles. The minimum atomic E-state index is -4.97. The van der Waals surface area contributed by atoms with E-state index in [0.29, 0.717) is 31.6 Å². The summed E-state index contributed by atoms with van der Waals surface area (Å²) in [5, 5.41) is 10.7. The van der Waals surface area contributed by atoms with E-state index in [0.717, 1.165) is 108 Å². The molecule has 0 aromatic carbocycles. The molecule has 17 nitrogen and oxygen atoms in total. The van der Waals surface area contributed by atoms with Crippen LogP contribution in [0.2, 0.25) is 0 Å². The molecular formula is C87H170O17P2. The van der Waals surface area contributed by atoms with E-state index < -0.39 is 97.5 Å². The van der Waals surface area contributed by atoms with Crippen molar-refractivity contribution in [3.8, 4) is 0 Å². The Morgan fingerprint density at radius 1 is 0.274 bits per heavy atom. The lowest BCUT2D eigenvalue weighted by Gasteiger charge is -2.21. The topological polar surface area (TPSA) is 237 Å². The fourth-order valence-corrected chi connectivity index (χ4v) is 15.1. The summed E-state index contributed by atoms with van der Waals surface area (Å²) in [6.45, 7) is 12.0. The number of hydrogen-bond donors (Lipinski definition) is 3. The zero-order valence-electron chi connectivity index (χ0n) is 69.9. The predicted octanol–water partition coefficient (Wildman–Crippen LogP) is 26.5. The summed E-state index contributed by atoms with van der Waals surface area (Å²) in [6.07, 6.45) is 68.2. The van der Waals surface area contributed by atoms with Gasteiger partial charge in [-0.05, 0) is 43.4 Å². The normalized spacial score (nSPS) is 14.1. The number of phosphoric acid groups is 2. The molecule has 0 aromatic rings. The third kappa shape index (κ3) is 78.7. The zero-order chi connectivity index (χ0) is 77.9. The first kappa shape index (κ1) is 104. The van der Waals surface area contributed by atoms with Gasteiger partial charge in [0.05, 0.1) is 26.4 Å². The number of esters is 4. The maximum atomic E-state index is 13.2. The molecule has 19 heteroatoms. The molecule has 0 amide bonds. The number of aliphatic hydroxyl groups excluding tert-OH is 1. The molecule has 106 heavy (non-hydrogen) atoms. The van der Waals surface area contributed by atoms with Crippen molar-refractivity contribution in [1.82, 2.24) is 0 Å². The molecule has 3 N–H and O–H groups in total. The lowest BCUT2D eigenvalue weighted by Crippen LogP contribution is -2.30. The fourth-order valence-electron chi connectivity index (χ4n) is 13.5. The van der Waals surface area contributed by atoms with Crippen LogP contribution in [0.1, 0.15) is 459 Å². The maximum Gasteiger partial charge on any atom is 0.472 e. The van der Waals surface area contributed by atoms with Crippen LogP contribution in [-0.2, 0) is 65.4 Å². The number of unbranched alkanes of at least 4 members (excludes halogenated alkanes) is 52. The van der Waals surface area contributed by atoms with Crippen LogP contribution in [0.25, 0.3) is 0 Å². The van der Waals surface area contributed by atoms with Gasteiger partial charge in [-0.3, -0.25) is 37.3 Å². The standard InChI is InChI=1S/C87H170O17P2/c1-8-10-11-12-13-14-15-16-17-18-19-23-26-29-35-40-47-54-61-68-84(89)97-74-82(103-86(91)70-63-56-48-41-36-30-27-24-21-20-22-25-28-34-39-46-53-60-67-80(7)9-2)76-101-105(93,94)99-72-81(88)73-100-106(95,96)102-77-83(75-98-85(90)69-62-55-50-43-45-52-59-66-79(5)6)104-87(92)71-64-57-49-42-37-32-31-33-38-44-51-58-65-78(3)4/h78-83,88H,8-77H2,1-7H3,(H,93,94)(H,95,96)/t80?,81-,82-,83-/m1/s1. The van der Waals surface area contributed by atoms with Gasteiger partial charge in [-0.25, -0.2) is 9.13 Å². The van der Waals surface area contributed by atoms with Gasteiger partial charge in [-0.15, -0.1) is 0 Å². The summed E-state index contributed by atoms with van der Waals surface area (Å²) in [7, 11) is -9.93. The number of carbonyl (C=O) groups excluding carboxylic acids is 4. The minimum Gasteiger partial charge on any atom is -0.462 e. The molecule has 0 aliphatic rings.